The van der Waals surface area contributed by atoms with Crippen molar-refractivity contribution >= 4 is 50.4 Å². The number of methoxy groups -OCH3 is 1. The third kappa shape index (κ3) is 3.91. The minimum Gasteiger partial charge on any atom is -0.380 e. The lowest BCUT2D eigenvalue weighted by Crippen LogP contribution is -2.42. The normalized spacial score (nSPS) is 15.2. The van der Waals surface area contributed by atoms with Crippen LogP contribution in [0.1, 0.15) is 39.6 Å². The molecule has 2 amide bonds. The second kappa shape index (κ2) is 8.89. The van der Waals surface area contributed by atoms with Gasteiger partial charge in [0, 0.05) is 36.5 Å². The molecule has 4 aromatic rings. The molecule has 1 aliphatic heterocycles. The van der Waals surface area contributed by atoms with Crippen LogP contribution < -0.4 is 15.5 Å². The van der Waals surface area contributed by atoms with Crippen molar-refractivity contribution < 1.29 is 14.3 Å². The van der Waals surface area contributed by atoms with Crippen LogP contribution in [0.25, 0.3) is 10.2 Å². The van der Waals surface area contributed by atoms with E-state index < -0.39 is 6.17 Å². The summed E-state index contributed by atoms with van der Waals surface area (Å²) in [5.74, 6) is -0.215. The molecule has 2 aromatic carbocycles. The smallest absolute Gasteiger partial charge is 0.272 e. The fraction of sp³-hybridized carbons (Fsp3) is 0.192. The maximum absolute atomic E-state index is 13.9. The van der Waals surface area contributed by atoms with Crippen LogP contribution >= 0.6 is 11.3 Å². The summed E-state index contributed by atoms with van der Waals surface area (Å²) in [6, 6.07) is 19.1. The minimum absolute atomic E-state index is 0.0834. The van der Waals surface area contributed by atoms with Crippen molar-refractivity contribution in [3.8, 4) is 0 Å². The van der Waals surface area contributed by atoms with Gasteiger partial charge in [-0.3, -0.25) is 14.5 Å². The Hall–Kier alpha value is -3.75. The van der Waals surface area contributed by atoms with Gasteiger partial charge in [-0.05, 0) is 48.4 Å². The number of pyridine rings is 1. The molecule has 2 aromatic heterocycles. The zero-order chi connectivity index (χ0) is 23.8. The molecular weight excluding hydrogens is 448 g/mol. The van der Waals surface area contributed by atoms with E-state index in [2.05, 4.69) is 10.6 Å². The molecule has 8 heteroatoms. The molecule has 1 atom stereocenters. The molecule has 0 saturated heterocycles. The molecule has 1 aliphatic rings. The number of ether oxygens (including phenoxy) is 1. The number of aromatic nitrogens is 1. The van der Waals surface area contributed by atoms with Crippen molar-refractivity contribution in [2.24, 2.45) is 0 Å². The zero-order valence-corrected chi connectivity index (χ0v) is 19.9. The van der Waals surface area contributed by atoms with E-state index >= 15 is 0 Å². The van der Waals surface area contributed by atoms with Gasteiger partial charge in [-0.15, -0.1) is 11.3 Å². The monoisotopic (exact) mass is 472 g/mol. The minimum atomic E-state index is -0.441. The number of hydrogen-bond acceptors (Lipinski definition) is 6. The summed E-state index contributed by atoms with van der Waals surface area (Å²) in [7, 11) is 1.66. The molecule has 0 saturated carbocycles. The number of carbonyl (C=O) groups excluding carboxylic acids is 2. The van der Waals surface area contributed by atoms with Gasteiger partial charge in [-0.2, -0.15) is 0 Å². The molecule has 7 nitrogen and oxygen atoms in total. The number of nitrogens with zero attached hydrogens (tertiary/aromatic N) is 2. The average Bonchev–Trinajstić information content (AvgIpc) is 3.18. The molecule has 0 spiro atoms. The van der Waals surface area contributed by atoms with Gasteiger partial charge < -0.3 is 15.4 Å². The molecule has 2 N–H and O–H groups in total. The third-order valence-electron chi connectivity index (χ3n) is 5.71. The maximum atomic E-state index is 13.9. The van der Waals surface area contributed by atoms with Gasteiger partial charge in [-0.1, -0.05) is 30.3 Å². The van der Waals surface area contributed by atoms with Crippen LogP contribution in [0, 0.1) is 6.92 Å². The summed E-state index contributed by atoms with van der Waals surface area (Å²) >= 11 is 1.40. The number of amides is 2. The molecule has 5 rings (SSSR count). The fourth-order valence-corrected chi connectivity index (χ4v) is 5.50. The van der Waals surface area contributed by atoms with E-state index in [1.54, 1.807) is 12.0 Å². The van der Waals surface area contributed by atoms with Gasteiger partial charge in [0.15, 0.2) is 0 Å². The number of benzene rings is 2. The average molecular weight is 473 g/mol. The highest BCUT2D eigenvalue weighted by Gasteiger charge is 2.37. The number of anilines is 3. The van der Waals surface area contributed by atoms with Crippen LogP contribution in [0.2, 0.25) is 0 Å². The van der Waals surface area contributed by atoms with Gasteiger partial charge in [0.2, 0.25) is 5.91 Å². The van der Waals surface area contributed by atoms with Crippen molar-refractivity contribution in [1.29, 1.82) is 0 Å². The second-order valence-corrected chi connectivity index (χ2v) is 9.20. The molecule has 0 unspecified atom stereocenters. The van der Waals surface area contributed by atoms with Gasteiger partial charge in [0.1, 0.15) is 15.9 Å². The first-order chi connectivity index (χ1) is 16.5. The number of nitrogens with one attached hydrogen (secondary N) is 2. The lowest BCUT2D eigenvalue weighted by Gasteiger charge is -2.37. The van der Waals surface area contributed by atoms with E-state index in [0.717, 1.165) is 38.4 Å². The molecule has 0 aliphatic carbocycles. The van der Waals surface area contributed by atoms with E-state index in [1.165, 1.54) is 18.3 Å². The standard InChI is InChI=1S/C26H24N4O3S/c1-15-13-18(14-33-3)21-22-23(34-25(21)27-15)26(32)30(20-7-5-4-6-8-20)24(29-22)17-9-11-19(12-10-17)28-16(2)31/h4-13,24,29H,14H2,1-3H3,(H,28,31)/t24-/m1/s1. The Balaban J connectivity index is 1.67. The van der Waals surface area contributed by atoms with Gasteiger partial charge >= 0.3 is 0 Å². The number of rotatable bonds is 5. The van der Waals surface area contributed by atoms with Gasteiger partial charge in [0.05, 0.1) is 12.3 Å². The first-order valence-electron chi connectivity index (χ1n) is 10.9. The summed E-state index contributed by atoms with van der Waals surface area (Å²) < 4.78 is 5.44. The van der Waals surface area contributed by atoms with Crippen molar-refractivity contribution in [2.75, 3.05) is 22.6 Å². The quantitative estimate of drug-likeness (QED) is 0.402. The largest absolute Gasteiger partial charge is 0.380 e. The Kier molecular flexibility index (Phi) is 5.77. The molecule has 172 valence electrons. The Bertz CT molecular complexity index is 1380. The second-order valence-electron chi connectivity index (χ2n) is 8.20. The Labute approximate surface area is 201 Å². The molecule has 3 heterocycles. The Morgan fingerprint density at radius 3 is 2.59 bits per heavy atom. The number of para-hydroxylation sites is 1. The van der Waals surface area contributed by atoms with E-state index in [1.807, 2.05) is 67.6 Å². The Morgan fingerprint density at radius 1 is 1.18 bits per heavy atom. The zero-order valence-electron chi connectivity index (χ0n) is 19.1. The number of hydrogen-bond donors (Lipinski definition) is 2. The van der Waals surface area contributed by atoms with E-state index in [0.29, 0.717) is 17.2 Å². The summed E-state index contributed by atoms with van der Waals surface area (Å²) in [4.78, 5) is 33.3. The summed E-state index contributed by atoms with van der Waals surface area (Å²) in [6.07, 6.45) is -0.441. The molecule has 34 heavy (non-hydrogen) atoms. The predicted molar refractivity (Wildman–Crippen MR) is 135 cm³/mol. The number of fused-ring (bicyclic) bond motifs is 3. The van der Waals surface area contributed by atoms with Crippen LogP contribution in [0.5, 0.6) is 0 Å². The summed E-state index contributed by atoms with van der Waals surface area (Å²) in [5.41, 5.74) is 5.05. The maximum Gasteiger partial charge on any atom is 0.272 e. The van der Waals surface area contributed by atoms with Gasteiger partial charge in [0.25, 0.3) is 5.91 Å². The molecular formula is C26H24N4O3S. The molecule has 0 fully saturated rings. The van der Waals surface area contributed by atoms with Crippen molar-refractivity contribution in [3.63, 3.8) is 0 Å². The van der Waals surface area contributed by atoms with Crippen LogP contribution in [0.15, 0.2) is 60.7 Å². The van der Waals surface area contributed by atoms with Crippen LogP contribution in [-0.4, -0.2) is 23.9 Å². The summed E-state index contributed by atoms with van der Waals surface area (Å²) in [5, 5.41) is 7.34. The lowest BCUT2D eigenvalue weighted by molar-refractivity contribution is -0.114. The highest BCUT2D eigenvalue weighted by atomic mass is 32.1. The van der Waals surface area contributed by atoms with Crippen LogP contribution in [-0.2, 0) is 16.1 Å². The van der Waals surface area contributed by atoms with Crippen molar-refractivity contribution in [3.05, 3.63) is 82.4 Å². The highest BCUT2D eigenvalue weighted by Crippen LogP contribution is 2.45. The topological polar surface area (TPSA) is 83.6 Å². The molecule has 0 bridgehead atoms. The van der Waals surface area contributed by atoms with Gasteiger partial charge in [-0.25, -0.2) is 4.98 Å². The van der Waals surface area contributed by atoms with E-state index in [-0.39, 0.29) is 11.8 Å². The number of thiophene rings is 1. The predicted octanol–water partition coefficient (Wildman–Crippen LogP) is 5.48. The van der Waals surface area contributed by atoms with Crippen LogP contribution in [0.3, 0.4) is 0 Å². The summed E-state index contributed by atoms with van der Waals surface area (Å²) in [6.45, 7) is 3.85. The Morgan fingerprint density at radius 2 is 1.91 bits per heavy atom. The van der Waals surface area contributed by atoms with Crippen molar-refractivity contribution in [2.45, 2.75) is 26.6 Å². The van der Waals surface area contributed by atoms with E-state index in [4.69, 9.17) is 9.72 Å². The molecule has 0 radical (unpaired) electrons. The lowest BCUT2D eigenvalue weighted by atomic mass is 10.0. The number of carbonyl (C=O) groups is 2. The van der Waals surface area contributed by atoms with Crippen molar-refractivity contribution in [1.82, 2.24) is 4.98 Å². The first kappa shape index (κ1) is 22.1. The fourth-order valence-electron chi connectivity index (χ4n) is 4.34. The SMILES string of the molecule is COCc1cc(C)nc2sc3c(c12)N[C@@H](c1ccc(NC(C)=O)cc1)N(c1ccccc1)C3=O. The number of aryl methyl sites for hydroxylation is 1. The first-order valence-corrected chi connectivity index (χ1v) is 11.7. The third-order valence-corrected chi connectivity index (χ3v) is 6.78. The van der Waals surface area contributed by atoms with E-state index in [9.17, 15) is 9.59 Å². The van der Waals surface area contributed by atoms with Crippen LogP contribution in [0.4, 0.5) is 17.1 Å². The highest BCUT2D eigenvalue weighted by molar-refractivity contribution is 7.21.